The molecule has 9 nitrogen and oxygen atoms in total. The van der Waals surface area contributed by atoms with E-state index in [1.807, 2.05) is 46.7 Å². The topological polar surface area (TPSA) is 102 Å². The number of pyridine rings is 2. The predicted molar refractivity (Wildman–Crippen MR) is 132 cm³/mol. The maximum Gasteiger partial charge on any atom is 0.259 e. The van der Waals surface area contributed by atoms with E-state index < -0.39 is 0 Å². The fourth-order valence-corrected chi connectivity index (χ4v) is 5.40. The maximum atomic E-state index is 13.4. The van der Waals surface area contributed by atoms with Gasteiger partial charge < -0.3 is 19.6 Å². The van der Waals surface area contributed by atoms with Crippen molar-refractivity contribution in [2.45, 2.75) is 57.0 Å². The first-order valence-corrected chi connectivity index (χ1v) is 12.2. The molecule has 0 unspecified atom stereocenters. The number of carbonyl (C=O) groups excluding carboxylic acids is 1. The monoisotopic (exact) mass is 470 g/mol. The Bertz CT molecular complexity index is 1410. The standard InChI is InChI=1S/C26H30N8O/c1-17-10-26(11-17,24-32-30-16-33(24)3)19-9-20(14-27-13-19)31-23(35)21-8-18(12-29-25(2)4-5-25)15-34-7-6-28-22(21)34/h6-9,13-17,29H,4-5,10-12H2,1-3H3,(H,31,35). The molecule has 0 aromatic carbocycles. The molecule has 2 N–H and O–H groups in total. The molecule has 0 radical (unpaired) electrons. The van der Waals surface area contributed by atoms with Crippen LogP contribution in [0.2, 0.25) is 0 Å². The van der Waals surface area contributed by atoms with E-state index >= 15 is 0 Å². The van der Waals surface area contributed by atoms with Crippen molar-refractivity contribution in [2.75, 3.05) is 5.32 Å². The number of carbonyl (C=O) groups is 1. The number of rotatable bonds is 7. The van der Waals surface area contributed by atoms with E-state index in [1.165, 1.54) is 12.8 Å². The zero-order valence-electron chi connectivity index (χ0n) is 20.3. The molecule has 0 saturated heterocycles. The molecule has 9 heteroatoms. The van der Waals surface area contributed by atoms with Crippen LogP contribution in [0.5, 0.6) is 0 Å². The van der Waals surface area contributed by atoms with Gasteiger partial charge in [-0.05, 0) is 61.8 Å². The van der Waals surface area contributed by atoms with Gasteiger partial charge in [0.2, 0.25) is 0 Å². The van der Waals surface area contributed by atoms with Crippen LogP contribution in [0.15, 0.2) is 49.4 Å². The average Bonchev–Trinajstić information content (AvgIpc) is 3.18. The molecule has 0 spiro atoms. The summed E-state index contributed by atoms with van der Waals surface area (Å²) < 4.78 is 3.89. The number of aromatic nitrogens is 6. The van der Waals surface area contributed by atoms with Gasteiger partial charge in [-0.25, -0.2) is 4.98 Å². The van der Waals surface area contributed by atoms with Crippen LogP contribution in [0, 0.1) is 5.92 Å². The van der Waals surface area contributed by atoms with Crippen LogP contribution in [0.4, 0.5) is 5.69 Å². The number of imidazole rings is 1. The minimum absolute atomic E-state index is 0.200. The van der Waals surface area contributed by atoms with Gasteiger partial charge in [0.15, 0.2) is 0 Å². The third kappa shape index (κ3) is 3.89. The SMILES string of the molecule is CC1CC(c2cncc(NC(=O)c3cc(CNC4(C)CC4)cn4ccnc34)c2)(c2nncn2C)C1. The molecule has 35 heavy (non-hydrogen) atoms. The third-order valence-corrected chi connectivity index (χ3v) is 7.59. The van der Waals surface area contributed by atoms with Crippen molar-refractivity contribution in [1.82, 2.24) is 34.4 Å². The minimum Gasteiger partial charge on any atom is -0.320 e. The van der Waals surface area contributed by atoms with Crippen LogP contribution in [-0.2, 0) is 19.0 Å². The number of hydrogen-bond donors (Lipinski definition) is 2. The highest BCUT2D eigenvalue weighted by Crippen LogP contribution is 2.51. The molecule has 6 rings (SSSR count). The van der Waals surface area contributed by atoms with E-state index in [9.17, 15) is 4.79 Å². The highest BCUT2D eigenvalue weighted by atomic mass is 16.1. The molecule has 2 aliphatic carbocycles. The lowest BCUT2D eigenvalue weighted by atomic mass is 9.59. The Hall–Kier alpha value is -3.59. The first-order chi connectivity index (χ1) is 16.9. The van der Waals surface area contributed by atoms with Crippen LogP contribution in [0.1, 0.15) is 66.8 Å². The number of aryl methyl sites for hydroxylation is 1. The van der Waals surface area contributed by atoms with Crippen molar-refractivity contribution in [3.63, 3.8) is 0 Å². The third-order valence-electron chi connectivity index (χ3n) is 7.59. The van der Waals surface area contributed by atoms with Gasteiger partial charge >= 0.3 is 0 Å². The van der Waals surface area contributed by atoms with Gasteiger partial charge in [-0.15, -0.1) is 10.2 Å². The number of fused-ring (bicyclic) bond motifs is 1. The van der Waals surface area contributed by atoms with Crippen LogP contribution >= 0.6 is 0 Å². The van der Waals surface area contributed by atoms with Crippen molar-refractivity contribution in [1.29, 1.82) is 0 Å². The summed E-state index contributed by atoms with van der Waals surface area (Å²) in [6.07, 6.45) is 15.3. The largest absolute Gasteiger partial charge is 0.320 e. The van der Waals surface area contributed by atoms with E-state index in [1.54, 1.807) is 18.7 Å². The number of amides is 1. The molecule has 2 aliphatic rings. The van der Waals surface area contributed by atoms with Crippen molar-refractivity contribution < 1.29 is 4.79 Å². The Labute approximate surface area is 204 Å². The molecule has 4 aromatic heterocycles. The molecule has 0 aliphatic heterocycles. The summed E-state index contributed by atoms with van der Waals surface area (Å²) in [5, 5.41) is 15.2. The summed E-state index contributed by atoms with van der Waals surface area (Å²) in [5.74, 6) is 1.33. The van der Waals surface area contributed by atoms with Crippen LogP contribution in [-0.4, -0.2) is 40.6 Å². The van der Waals surface area contributed by atoms with Gasteiger partial charge in [-0.1, -0.05) is 6.92 Å². The molecular formula is C26H30N8O. The second-order valence-electron chi connectivity index (χ2n) is 10.6. The molecular weight excluding hydrogens is 440 g/mol. The van der Waals surface area contributed by atoms with Gasteiger partial charge in [0.25, 0.3) is 5.91 Å². The van der Waals surface area contributed by atoms with Crippen molar-refractivity contribution in [2.24, 2.45) is 13.0 Å². The minimum atomic E-state index is -0.237. The normalized spacial score (nSPS) is 22.7. The fraction of sp³-hybridized carbons (Fsp3) is 0.423. The molecule has 4 aromatic rings. The average molecular weight is 471 g/mol. The molecule has 0 bridgehead atoms. The molecule has 2 saturated carbocycles. The first-order valence-electron chi connectivity index (χ1n) is 12.2. The summed E-state index contributed by atoms with van der Waals surface area (Å²) in [7, 11) is 1.97. The zero-order chi connectivity index (χ0) is 24.2. The lowest BCUT2D eigenvalue weighted by molar-refractivity contribution is 0.102. The highest BCUT2D eigenvalue weighted by Gasteiger charge is 2.48. The van der Waals surface area contributed by atoms with E-state index in [4.69, 9.17) is 0 Å². The Morgan fingerprint density at radius 2 is 2.06 bits per heavy atom. The predicted octanol–water partition coefficient (Wildman–Crippen LogP) is 3.47. The Kier molecular flexibility index (Phi) is 5.00. The second-order valence-corrected chi connectivity index (χ2v) is 10.6. The van der Waals surface area contributed by atoms with Crippen LogP contribution in [0.3, 0.4) is 0 Å². The summed E-state index contributed by atoms with van der Waals surface area (Å²) in [5.41, 5.74) is 3.91. The van der Waals surface area contributed by atoms with Crippen molar-refractivity contribution >= 4 is 17.2 Å². The Balaban J connectivity index is 1.29. The molecule has 0 atom stereocenters. The Morgan fingerprint density at radius 3 is 2.77 bits per heavy atom. The van der Waals surface area contributed by atoms with Crippen molar-refractivity contribution in [3.8, 4) is 0 Å². The lowest BCUT2D eigenvalue weighted by Gasteiger charge is -2.45. The summed E-state index contributed by atoms with van der Waals surface area (Å²) >= 11 is 0. The molecule has 2 fully saturated rings. The van der Waals surface area contributed by atoms with Crippen molar-refractivity contribution in [3.05, 3.63) is 72.0 Å². The van der Waals surface area contributed by atoms with Gasteiger partial charge in [0.05, 0.1) is 22.9 Å². The Morgan fingerprint density at radius 1 is 1.23 bits per heavy atom. The van der Waals surface area contributed by atoms with Gasteiger partial charge in [0, 0.05) is 43.9 Å². The molecule has 1 amide bonds. The van der Waals surface area contributed by atoms with Gasteiger partial charge in [-0.2, -0.15) is 0 Å². The molecule has 180 valence electrons. The van der Waals surface area contributed by atoms with Crippen LogP contribution in [0.25, 0.3) is 5.65 Å². The smallest absolute Gasteiger partial charge is 0.259 e. The molecule has 4 heterocycles. The van der Waals surface area contributed by atoms with Gasteiger partial charge in [-0.3, -0.25) is 9.78 Å². The van der Waals surface area contributed by atoms with Crippen LogP contribution < -0.4 is 10.6 Å². The van der Waals surface area contributed by atoms with E-state index in [0.717, 1.165) is 29.8 Å². The lowest BCUT2D eigenvalue weighted by Crippen LogP contribution is -2.43. The summed E-state index contributed by atoms with van der Waals surface area (Å²) in [6.45, 7) is 5.18. The van der Waals surface area contributed by atoms with E-state index in [0.29, 0.717) is 29.4 Å². The summed E-state index contributed by atoms with van der Waals surface area (Å²) in [6, 6.07) is 3.95. The first kappa shape index (κ1) is 21.9. The summed E-state index contributed by atoms with van der Waals surface area (Å²) in [4.78, 5) is 22.3. The highest BCUT2D eigenvalue weighted by molar-refractivity contribution is 6.08. The fourth-order valence-electron chi connectivity index (χ4n) is 5.40. The quantitative estimate of drug-likeness (QED) is 0.429. The van der Waals surface area contributed by atoms with Gasteiger partial charge in [0.1, 0.15) is 17.8 Å². The number of nitrogens with one attached hydrogen (secondary N) is 2. The van der Waals surface area contributed by atoms with E-state index in [-0.39, 0.29) is 16.9 Å². The number of hydrogen-bond acceptors (Lipinski definition) is 6. The zero-order valence-corrected chi connectivity index (χ0v) is 20.3. The van der Waals surface area contributed by atoms with E-state index in [2.05, 4.69) is 44.6 Å². The second kappa shape index (κ2) is 7.98. The maximum absolute atomic E-state index is 13.4. The number of anilines is 1. The number of nitrogens with zero attached hydrogens (tertiary/aromatic N) is 6.